The van der Waals surface area contributed by atoms with Gasteiger partial charge in [-0.3, -0.25) is 0 Å². The minimum Gasteiger partial charge on any atom is -0.210 e. The molecule has 0 N–H and O–H groups in total. The van der Waals surface area contributed by atoms with E-state index in [1.54, 1.807) is 23.1 Å². The van der Waals surface area contributed by atoms with Crippen LogP contribution in [-0.4, -0.2) is 9.97 Å². The van der Waals surface area contributed by atoms with Gasteiger partial charge in [0.1, 0.15) is 9.86 Å². The van der Waals surface area contributed by atoms with Crippen molar-refractivity contribution in [2.24, 2.45) is 0 Å². The average molecular weight is 386 g/mol. The van der Waals surface area contributed by atoms with Crippen LogP contribution in [0.3, 0.4) is 0 Å². The molecule has 0 aliphatic carbocycles. The highest BCUT2D eigenvalue weighted by Gasteiger charge is 2.12. The van der Waals surface area contributed by atoms with Crippen molar-refractivity contribution in [3.05, 3.63) is 45.0 Å². The van der Waals surface area contributed by atoms with Gasteiger partial charge in [0.15, 0.2) is 0 Å². The summed E-state index contributed by atoms with van der Waals surface area (Å²) in [6, 6.07) is 10.3. The highest BCUT2D eigenvalue weighted by atomic mass is 79.9. The van der Waals surface area contributed by atoms with Gasteiger partial charge in [-0.2, -0.15) is 0 Å². The van der Waals surface area contributed by atoms with Crippen molar-refractivity contribution in [2.75, 3.05) is 0 Å². The van der Waals surface area contributed by atoms with Crippen molar-refractivity contribution in [3.8, 4) is 0 Å². The van der Waals surface area contributed by atoms with E-state index in [0.717, 1.165) is 31.0 Å². The maximum Gasteiger partial charge on any atom is 0.224 e. The fourth-order valence-corrected chi connectivity index (χ4v) is 4.62. The van der Waals surface area contributed by atoms with Gasteiger partial charge in [0.05, 0.1) is 0 Å². The molecule has 0 fully saturated rings. The van der Waals surface area contributed by atoms with Crippen LogP contribution in [0.4, 0.5) is 0 Å². The van der Waals surface area contributed by atoms with Gasteiger partial charge in [0, 0.05) is 19.6 Å². The summed E-state index contributed by atoms with van der Waals surface area (Å²) in [6.45, 7) is 2.14. The van der Waals surface area contributed by atoms with Gasteiger partial charge >= 0.3 is 0 Å². The van der Waals surface area contributed by atoms with Crippen LogP contribution < -0.4 is 0 Å². The van der Waals surface area contributed by atoms with Crippen LogP contribution in [0, 0.1) is 0 Å². The summed E-state index contributed by atoms with van der Waals surface area (Å²) in [4.78, 5) is 12.1. The largest absolute Gasteiger partial charge is 0.224 e. The molecule has 0 spiro atoms. The van der Waals surface area contributed by atoms with Crippen LogP contribution in [0.2, 0.25) is 5.28 Å². The smallest absolute Gasteiger partial charge is 0.210 e. The lowest BCUT2D eigenvalue weighted by Crippen LogP contribution is -1.86. The summed E-state index contributed by atoms with van der Waals surface area (Å²) in [5, 5.41) is 2.30. The Labute approximate surface area is 138 Å². The number of rotatable bonds is 3. The standard InChI is InChI=1S/C14H10BrClN2S2/c1-2-9-7-11-12(19-9)17-14(16)18-13(11)20-10-5-3-4-8(15)6-10/h3-7H,2H2,1H3. The molecule has 0 atom stereocenters. The molecular weight excluding hydrogens is 376 g/mol. The van der Waals surface area contributed by atoms with E-state index >= 15 is 0 Å². The lowest BCUT2D eigenvalue weighted by Gasteiger charge is -2.03. The molecule has 0 unspecified atom stereocenters. The van der Waals surface area contributed by atoms with Gasteiger partial charge in [-0.25, -0.2) is 9.97 Å². The molecule has 6 heteroatoms. The van der Waals surface area contributed by atoms with Crippen molar-refractivity contribution in [3.63, 3.8) is 0 Å². The van der Waals surface area contributed by atoms with Crippen LogP contribution in [0.1, 0.15) is 11.8 Å². The van der Waals surface area contributed by atoms with E-state index in [0.29, 0.717) is 5.28 Å². The maximum atomic E-state index is 6.04. The van der Waals surface area contributed by atoms with E-state index in [1.165, 1.54) is 4.88 Å². The molecule has 20 heavy (non-hydrogen) atoms. The second kappa shape index (κ2) is 6.02. The first kappa shape index (κ1) is 14.3. The van der Waals surface area contributed by atoms with E-state index in [9.17, 15) is 0 Å². The third kappa shape index (κ3) is 3.01. The highest BCUT2D eigenvalue weighted by molar-refractivity contribution is 9.10. The zero-order chi connectivity index (χ0) is 14.1. The second-order valence-electron chi connectivity index (χ2n) is 4.14. The molecule has 0 aliphatic heterocycles. The summed E-state index contributed by atoms with van der Waals surface area (Å²) in [5.74, 6) is 0. The van der Waals surface area contributed by atoms with Crippen LogP contribution in [-0.2, 0) is 6.42 Å². The number of aromatic nitrogens is 2. The fourth-order valence-electron chi connectivity index (χ4n) is 1.81. The molecule has 0 radical (unpaired) electrons. The zero-order valence-corrected chi connectivity index (χ0v) is 14.5. The van der Waals surface area contributed by atoms with Gasteiger partial charge in [-0.1, -0.05) is 40.7 Å². The summed E-state index contributed by atoms with van der Waals surface area (Å²) in [7, 11) is 0. The van der Waals surface area contributed by atoms with E-state index in [1.807, 2.05) is 12.1 Å². The molecule has 0 amide bonds. The van der Waals surface area contributed by atoms with E-state index in [2.05, 4.69) is 51.0 Å². The lowest BCUT2D eigenvalue weighted by atomic mass is 10.3. The Morgan fingerprint density at radius 3 is 2.90 bits per heavy atom. The topological polar surface area (TPSA) is 25.8 Å². The number of benzene rings is 1. The molecule has 2 aromatic heterocycles. The van der Waals surface area contributed by atoms with Gasteiger partial charge < -0.3 is 0 Å². The molecule has 2 nitrogen and oxygen atoms in total. The third-order valence-corrected chi connectivity index (χ3v) is 5.57. The van der Waals surface area contributed by atoms with Crippen LogP contribution >= 0.6 is 50.6 Å². The fraction of sp³-hybridized carbons (Fsp3) is 0.143. The molecule has 3 rings (SSSR count). The number of halogens is 2. The number of thiophene rings is 1. The summed E-state index contributed by atoms with van der Waals surface area (Å²) in [6.07, 6.45) is 1.000. The zero-order valence-electron chi connectivity index (χ0n) is 10.6. The number of hydrogen-bond donors (Lipinski definition) is 0. The Hall–Kier alpha value is -0.620. The molecule has 2 heterocycles. The number of aryl methyl sites for hydroxylation is 1. The van der Waals surface area contributed by atoms with Crippen LogP contribution in [0.5, 0.6) is 0 Å². The van der Waals surface area contributed by atoms with Gasteiger partial charge in [0.2, 0.25) is 5.28 Å². The van der Waals surface area contributed by atoms with Gasteiger partial charge in [-0.15, -0.1) is 11.3 Å². The Balaban J connectivity index is 2.08. The summed E-state index contributed by atoms with van der Waals surface area (Å²) < 4.78 is 1.05. The van der Waals surface area contributed by atoms with E-state index < -0.39 is 0 Å². The van der Waals surface area contributed by atoms with E-state index in [-0.39, 0.29) is 0 Å². The quantitative estimate of drug-likeness (QED) is 0.419. The SMILES string of the molecule is CCc1cc2c(Sc3cccc(Br)c3)nc(Cl)nc2s1. The van der Waals surface area contributed by atoms with Gasteiger partial charge in [0.25, 0.3) is 0 Å². The molecule has 102 valence electrons. The van der Waals surface area contributed by atoms with Crippen LogP contribution in [0.15, 0.2) is 44.7 Å². The highest BCUT2D eigenvalue weighted by Crippen LogP contribution is 2.36. The maximum absolute atomic E-state index is 6.04. The molecule has 0 saturated heterocycles. The monoisotopic (exact) mass is 384 g/mol. The predicted molar refractivity (Wildman–Crippen MR) is 90.1 cm³/mol. The van der Waals surface area contributed by atoms with E-state index in [4.69, 9.17) is 11.6 Å². The molecule has 1 aromatic carbocycles. The Bertz CT molecular complexity index is 773. The molecular formula is C14H10BrClN2S2. The molecule has 0 saturated carbocycles. The molecule has 0 bridgehead atoms. The molecule has 0 aliphatic rings. The minimum absolute atomic E-state index is 0.305. The third-order valence-electron chi connectivity index (χ3n) is 2.74. The Morgan fingerprint density at radius 1 is 1.30 bits per heavy atom. The average Bonchev–Trinajstić information content (AvgIpc) is 2.82. The van der Waals surface area contributed by atoms with Crippen molar-refractivity contribution in [1.29, 1.82) is 0 Å². The Morgan fingerprint density at radius 2 is 2.15 bits per heavy atom. The predicted octanol–water partition coefficient (Wildman–Crippen LogP) is 5.82. The van der Waals surface area contributed by atoms with Crippen molar-refractivity contribution in [1.82, 2.24) is 9.97 Å². The summed E-state index contributed by atoms with van der Waals surface area (Å²) >= 11 is 12.8. The summed E-state index contributed by atoms with van der Waals surface area (Å²) in [5.41, 5.74) is 0. The van der Waals surface area contributed by atoms with Crippen molar-refractivity contribution >= 4 is 60.8 Å². The first-order chi connectivity index (χ1) is 9.65. The number of fused-ring (bicyclic) bond motifs is 1. The molecule has 3 aromatic rings. The number of hydrogen-bond acceptors (Lipinski definition) is 4. The second-order valence-corrected chi connectivity index (χ2v) is 7.57. The Kier molecular flexibility index (Phi) is 4.31. The van der Waals surface area contributed by atoms with Gasteiger partial charge in [-0.05, 0) is 42.3 Å². The lowest BCUT2D eigenvalue weighted by molar-refractivity contribution is 1.11. The minimum atomic E-state index is 0.305. The van der Waals surface area contributed by atoms with Crippen LogP contribution in [0.25, 0.3) is 10.2 Å². The van der Waals surface area contributed by atoms with Crippen molar-refractivity contribution in [2.45, 2.75) is 23.3 Å². The first-order valence-corrected chi connectivity index (χ1v) is 8.85. The number of nitrogens with zero attached hydrogens (tertiary/aromatic N) is 2. The first-order valence-electron chi connectivity index (χ1n) is 6.05. The normalized spacial score (nSPS) is 11.2. The van der Waals surface area contributed by atoms with Crippen molar-refractivity contribution < 1.29 is 0 Å².